The van der Waals surface area contributed by atoms with E-state index in [1.807, 2.05) is 6.07 Å². The summed E-state index contributed by atoms with van der Waals surface area (Å²) >= 11 is 0. The second-order valence-corrected chi connectivity index (χ2v) is 5.12. The number of pyridine rings is 1. The van der Waals surface area contributed by atoms with E-state index in [1.165, 1.54) is 6.42 Å². The van der Waals surface area contributed by atoms with E-state index >= 15 is 0 Å². The van der Waals surface area contributed by atoms with Crippen molar-refractivity contribution < 1.29 is 4.79 Å². The number of carbonyl (C=O) groups is 1. The lowest BCUT2D eigenvalue weighted by Gasteiger charge is -2.29. The average molecular weight is 247 g/mol. The lowest BCUT2D eigenvalue weighted by Crippen LogP contribution is -2.33. The highest BCUT2D eigenvalue weighted by Gasteiger charge is 2.29. The van der Waals surface area contributed by atoms with Gasteiger partial charge in [0.25, 0.3) is 0 Å². The molecule has 1 aromatic heterocycles. The maximum atomic E-state index is 12.3. The predicted molar refractivity (Wildman–Crippen MR) is 71.9 cm³/mol. The number of aromatic nitrogens is 1. The van der Waals surface area contributed by atoms with E-state index in [2.05, 4.69) is 4.98 Å². The van der Waals surface area contributed by atoms with Gasteiger partial charge in [-0.05, 0) is 43.0 Å². The molecule has 1 aromatic rings. The first kappa shape index (κ1) is 13.0. The zero-order chi connectivity index (χ0) is 13.0. The molecule has 4 heteroatoms. The van der Waals surface area contributed by atoms with Gasteiger partial charge in [0.2, 0.25) is 0 Å². The van der Waals surface area contributed by atoms with Gasteiger partial charge < -0.3 is 11.5 Å². The van der Waals surface area contributed by atoms with Crippen LogP contribution < -0.4 is 11.5 Å². The van der Waals surface area contributed by atoms with Gasteiger partial charge in [-0.1, -0.05) is 12.8 Å². The molecule has 1 aliphatic carbocycles. The van der Waals surface area contributed by atoms with Crippen LogP contribution in [0.1, 0.15) is 31.2 Å². The van der Waals surface area contributed by atoms with Crippen LogP contribution >= 0.6 is 0 Å². The molecule has 0 aromatic carbocycles. The molecular formula is C14H21N3O. The van der Waals surface area contributed by atoms with E-state index in [0.717, 1.165) is 24.8 Å². The molecule has 98 valence electrons. The molecule has 4 nitrogen and oxygen atoms in total. The molecule has 0 amide bonds. The van der Waals surface area contributed by atoms with Crippen LogP contribution in [-0.2, 0) is 11.2 Å². The van der Waals surface area contributed by atoms with Crippen LogP contribution in [-0.4, -0.2) is 17.3 Å². The third-order valence-electron chi connectivity index (χ3n) is 3.85. The lowest BCUT2D eigenvalue weighted by atomic mass is 9.76. The minimum Gasteiger partial charge on any atom is -0.384 e. The van der Waals surface area contributed by atoms with E-state index in [-0.39, 0.29) is 5.92 Å². The van der Waals surface area contributed by atoms with Gasteiger partial charge in [0.15, 0.2) is 0 Å². The molecule has 0 aliphatic heterocycles. The standard InChI is InChI=1S/C14H21N3O/c15-9-11-3-1-2-4-12(11)13(18)7-10-5-6-17-14(16)8-10/h5-6,8,11-12H,1-4,7,9,15H2,(H2,16,17). The molecule has 2 rings (SSSR count). The van der Waals surface area contributed by atoms with Gasteiger partial charge in [-0.15, -0.1) is 0 Å². The molecule has 0 saturated heterocycles. The monoisotopic (exact) mass is 247 g/mol. The minimum absolute atomic E-state index is 0.137. The fourth-order valence-corrected chi connectivity index (χ4v) is 2.85. The van der Waals surface area contributed by atoms with Crippen LogP contribution in [0.5, 0.6) is 0 Å². The zero-order valence-electron chi connectivity index (χ0n) is 10.6. The summed E-state index contributed by atoms with van der Waals surface area (Å²) in [5.41, 5.74) is 12.3. The van der Waals surface area contributed by atoms with E-state index in [1.54, 1.807) is 12.3 Å². The molecule has 0 radical (unpaired) electrons. The van der Waals surface area contributed by atoms with Crippen molar-refractivity contribution in [3.8, 4) is 0 Å². The molecule has 0 spiro atoms. The largest absolute Gasteiger partial charge is 0.384 e. The van der Waals surface area contributed by atoms with E-state index in [0.29, 0.717) is 30.5 Å². The molecule has 4 N–H and O–H groups in total. The summed E-state index contributed by atoms with van der Waals surface area (Å²) in [7, 11) is 0. The summed E-state index contributed by atoms with van der Waals surface area (Å²) in [6.07, 6.45) is 6.53. The topological polar surface area (TPSA) is 82.0 Å². The first-order valence-electron chi connectivity index (χ1n) is 6.64. The quantitative estimate of drug-likeness (QED) is 0.845. The van der Waals surface area contributed by atoms with Crippen molar-refractivity contribution in [1.82, 2.24) is 4.98 Å². The fraction of sp³-hybridized carbons (Fsp3) is 0.571. The van der Waals surface area contributed by atoms with Gasteiger partial charge in [-0.25, -0.2) is 4.98 Å². The van der Waals surface area contributed by atoms with E-state index in [4.69, 9.17) is 11.5 Å². The van der Waals surface area contributed by atoms with Crippen molar-refractivity contribution >= 4 is 11.6 Å². The number of rotatable bonds is 4. The van der Waals surface area contributed by atoms with Crippen LogP contribution in [0.25, 0.3) is 0 Å². The summed E-state index contributed by atoms with van der Waals surface area (Å²) < 4.78 is 0. The van der Waals surface area contributed by atoms with Gasteiger partial charge >= 0.3 is 0 Å². The predicted octanol–water partition coefficient (Wildman–Crippen LogP) is 1.54. The number of anilines is 1. The highest BCUT2D eigenvalue weighted by atomic mass is 16.1. The Kier molecular flexibility index (Phi) is 4.31. The highest BCUT2D eigenvalue weighted by molar-refractivity contribution is 5.83. The Morgan fingerprint density at radius 3 is 2.89 bits per heavy atom. The summed E-state index contributed by atoms with van der Waals surface area (Å²) in [4.78, 5) is 16.3. The number of nitrogens with two attached hydrogens (primary N) is 2. The Bertz CT molecular complexity index is 419. The van der Waals surface area contributed by atoms with Crippen molar-refractivity contribution in [2.45, 2.75) is 32.1 Å². The van der Waals surface area contributed by atoms with Crippen molar-refractivity contribution in [1.29, 1.82) is 0 Å². The normalized spacial score (nSPS) is 23.8. The van der Waals surface area contributed by atoms with Crippen LogP contribution in [0.3, 0.4) is 0 Å². The molecule has 18 heavy (non-hydrogen) atoms. The van der Waals surface area contributed by atoms with Crippen molar-refractivity contribution in [2.24, 2.45) is 17.6 Å². The molecular weight excluding hydrogens is 226 g/mol. The van der Waals surface area contributed by atoms with Gasteiger partial charge in [-0.2, -0.15) is 0 Å². The second kappa shape index (κ2) is 5.96. The van der Waals surface area contributed by atoms with Crippen molar-refractivity contribution in [2.75, 3.05) is 12.3 Å². The number of Topliss-reactive ketones (excluding diaryl/α,β-unsaturated/α-hetero) is 1. The third kappa shape index (κ3) is 3.07. The Balaban J connectivity index is 2.02. The average Bonchev–Trinajstić information content (AvgIpc) is 2.38. The second-order valence-electron chi connectivity index (χ2n) is 5.12. The van der Waals surface area contributed by atoms with Crippen molar-refractivity contribution in [3.63, 3.8) is 0 Å². The minimum atomic E-state index is 0.137. The fourth-order valence-electron chi connectivity index (χ4n) is 2.85. The number of nitrogen functional groups attached to an aromatic ring is 1. The third-order valence-corrected chi connectivity index (χ3v) is 3.85. The van der Waals surface area contributed by atoms with Crippen LogP contribution in [0, 0.1) is 11.8 Å². The van der Waals surface area contributed by atoms with Crippen LogP contribution in [0.2, 0.25) is 0 Å². The molecule has 1 fully saturated rings. The zero-order valence-corrected chi connectivity index (χ0v) is 10.6. The molecule has 0 bridgehead atoms. The highest BCUT2D eigenvalue weighted by Crippen LogP contribution is 2.30. The number of nitrogens with zero attached hydrogens (tertiary/aromatic N) is 1. The lowest BCUT2D eigenvalue weighted by molar-refractivity contribution is -0.124. The summed E-state index contributed by atoms with van der Waals surface area (Å²) in [6.45, 7) is 0.620. The van der Waals surface area contributed by atoms with Gasteiger partial charge in [-0.3, -0.25) is 4.79 Å². The molecule has 2 atom stereocenters. The Morgan fingerprint density at radius 1 is 1.39 bits per heavy atom. The number of hydrogen-bond acceptors (Lipinski definition) is 4. The maximum Gasteiger partial charge on any atom is 0.140 e. The summed E-state index contributed by atoms with van der Waals surface area (Å²) in [5.74, 6) is 1.28. The SMILES string of the molecule is NCC1CCCCC1C(=O)Cc1ccnc(N)c1. The number of ketones is 1. The first-order chi connectivity index (χ1) is 8.70. The van der Waals surface area contributed by atoms with Crippen molar-refractivity contribution in [3.05, 3.63) is 23.9 Å². The Labute approximate surface area is 108 Å². The van der Waals surface area contributed by atoms with Gasteiger partial charge in [0.05, 0.1) is 0 Å². The molecule has 2 unspecified atom stereocenters. The molecule has 1 saturated carbocycles. The maximum absolute atomic E-state index is 12.3. The molecule has 1 aliphatic rings. The molecule has 1 heterocycles. The van der Waals surface area contributed by atoms with Crippen LogP contribution in [0.4, 0.5) is 5.82 Å². The first-order valence-corrected chi connectivity index (χ1v) is 6.64. The smallest absolute Gasteiger partial charge is 0.140 e. The van der Waals surface area contributed by atoms with Crippen LogP contribution in [0.15, 0.2) is 18.3 Å². The number of carbonyl (C=O) groups excluding carboxylic acids is 1. The van der Waals surface area contributed by atoms with Gasteiger partial charge in [0, 0.05) is 18.5 Å². The Morgan fingerprint density at radius 2 is 2.17 bits per heavy atom. The van der Waals surface area contributed by atoms with Gasteiger partial charge in [0.1, 0.15) is 11.6 Å². The van der Waals surface area contributed by atoms with E-state index < -0.39 is 0 Å². The Hall–Kier alpha value is -1.42. The number of hydrogen-bond donors (Lipinski definition) is 2. The summed E-state index contributed by atoms with van der Waals surface area (Å²) in [6, 6.07) is 3.63. The summed E-state index contributed by atoms with van der Waals surface area (Å²) in [5, 5.41) is 0. The van der Waals surface area contributed by atoms with E-state index in [9.17, 15) is 4.79 Å².